The van der Waals surface area contributed by atoms with E-state index >= 15 is 0 Å². The average molecular weight is 315 g/mol. The molecule has 0 bridgehead atoms. The van der Waals surface area contributed by atoms with Crippen molar-refractivity contribution in [3.63, 3.8) is 0 Å². The van der Waals surface area contributed by atoms with Crippen molar-refractivity contribution in [2.24, 2.45) is 13.0 Å². The van der Waals surface area contributed by atoms with Crippen LogP contribution in [0.3, 0.4) is 0 Å². The molecule has 2 rings (SSSR count). The molecule has 1 aromatic carbocycles. The van der Waals surface area contributed by atoms with Crippen LogP contribution >= 0.6 is 0 Å². The van der Waals surface area contributed by atoms with Gasteiger partial charge in [0.25, 0.3) is 5.91 Å². The maximum absolute atomic E-state index is 12.5. The monoisotopic (exact) mass is 315 g/mol. The first-order valence-electron chi connectivity index (χ1n) is 7.42. The summed E-state index contributed by atoms with van der Waals surface area (Å²) in [4.78, 5) is 24.2. The lowest BCUT2D eigenvalue weighted by Crippen LogP contribution is -2.45. The van der Waals surface area contributed by atoms with Crippen molar-refractivity contribution < 1.29 is 14.3 Å². The van der Waals surface area contributed by atoms with Crippen molar-refractivity contribution >= 4 is 11.9 Å². The second-order valence-electron chi connectivity index (χ2n) is 5.62. The molecule has 0 aliphatic rings. The molecule has 6 nitrogen and oxygen atoms in total. The van der Waals surface area contributed by atoms with E-state index in [9.17, 15) is 9.59 Å². The van der Waals surface area contributed by atoms with Gasteiger partial charge in [0.15, 0.2) is 0 Å². The molecule has 0 radical (unpaired) electrons. The summed E-state index contributed by atoms with van der Waals surface area (Å²) in [6, 6.07) is 10.6. The van der Waals surface area contributed by atoms with E-state index in [-0.39, 0.29) is 11.8 Å². The predicted octanol–water partition coefficient (Wildman–Crippen LogP) is 2.01. The number of aryl methyl sites for hydroxylation is 1. The van der Waals surface area contributed by atoms with Gasteiger partial charge in [-0.05, 0) is 12.0 Å². The quantitative estimate of drug-likeness (QED) is 0.857. The van der Waals surface area contributed by atoms with Gasteiger partial charge in [-0.3, -0.25) is 9.48 Å². The lowest BCUT2D eigenvalue weighted by atomic mass is 10.0. The SMILES string of the molecule is COC(=O)C(NC(=O)c1cc(-c2ccccc2)nn1C)C(C)C. The van der Waals surface area contributed by atoms with Gasteiger partial charge >= 0.3 is 5.97 Å². The first kappa shape index (κ1) is 16.7. The van der Waals surface area contributed by atoms with Gasteiger partial charge in [0, 0.05) is 12.6 Å². The number of carbonyl (C=O) groups is 2. The molecule has 0 saturated heterocycles. The van der Waals surface area contributed by atoms with Crippen LogP contribution < -0.4 is 5.32 Å². The summed E-state index contributed by atoms with van der Waals surface area (Å²) in [7, 11) is 3.01. The maximum Gasteiger partial charge on any atom is 0.328 e. The molecule has 0 aliphatic heterocycles. The molecule has 1 heterocycles. The van der Waals surface area contributed by atoms with Crippen LogP contribution in [0.25, 0.3) is 11.3 Å². The number of esters is 1. The van der Waals surface area contributed by atoms with E-state index in [1.807, 2.05) is 44.2 Å². The third-order valence-corrected chi connectivity index (χ3v) is 3.59. The standard InChI is InChI=1S/C17H21N3O3/c1-11(2)15(17(22)23-4)18-16(21)14-10-13(19-20(14)3)12-8-6-5-7-9-12/h5-11,15H,1-4H3,(H,18,21). The first-order chi connectivity index (χ1) is 10.9. The van der Waals surface area contributed by atoms with E-state index in [2.05, 4.69) is 10.4 Å². The molecule has 1 aromatic heterocycles. The summed E-state index contributed by atoms with van der Waals surface area (Å²) in [5.74, 6) is -0.890. The Morgan fingerprint density at radius 2 is 1.87 bits per heavy atom. The molecule has 1 unspecified atom stereocenters. The number of hydrogen-bond acceptors (Lipinski definition) is 4. The normalized spacial score (nSPS) is 12.0. The molecular formula is C17H21N3O3. The fourth-order valence-electron chi connectivity index (χ4n) is 2.27. The molecule has 0 aliphatic carbocycles. The number of rotatable bonds is 5. The zero-order valence-corrected chi connectivity index (χ0v) is 13.7. The summed E-state index contributed by atoms with van der Waals surface area (Å²) in [6.45, 7) is 3.70. The van der Waals surface area contributed by atoms with Crippen LogP contribution in [0.15, 0.2) is 36.4 Å². The largest absolute Gasteiger partial charge is 0.467 e. The Morgan fingerprint density at radius 1 is 1.22 bits per heavy atom. The number of nitrogens with one attached hydrogen (secondary N) is 1. The van der Waals surface area contributed by atoms with Gasteiger partial charge in [0.05, 0.1) is 12.8 Å². The molecular weight excluding hydrogens is 294 g/mol. The van der Waals surface area contributed by atoms with Gasteiger partial charge in [0.1, 0.15) is 11.7 Å². The topological polar surface area (TPSA) is 73.2 Å². The summed E-state index contributed by atoms with van der Waals surface area (Å²) in [6.07, 6.45) is 0. The number of ether oxygens (including phenoxy) is 1. The fraction of sp³-hybridized carbons (Fsp3) is 0.353. The van der Waals surface area contributed by atoms with Gasteiger partial charge in [-0.2, -0.15) is 5.10 Å². The zero-order valence-electron chi connectivity index (χ0n) is 13.7. The van der Waals surface area contributed by atoms with Crippen molar-refractivity contribution in [3.05, 3.63) is 42.1 Å². The Hall–Kier alpha value is -2.63. The van der Waals surface area contributed by atoms with Gasteiger partial charge < -0.3 is 10.1 Å². The third kappa shape index (κ3) is 3.77. The first-order valence-corrected chi connectivity index (χ1v) is 7.42. The minimum absolute atomic E-state index is 0.0757. The van der Waals surface area contributed by atoms with Gasteiger partial charge in [0.2, 0.25) is 0 Å². The number of nitrogens with zero attached hydrogens (tertiary/aromatic N) is 2. The molecule has 0 fully saturated rings. The van der Waals surface area contributed by atoms with Crippen LogP contribution in [-0.4, -0.2) is 34.8 Å². The lowest BCUT2D eigenvalue weighted by Gasteiger charge is -2.19. The summed E-state index contributed by atoms with van der Waals surface area (Å²) >= 11 is 0. The highest BCUT2D eigenvalue weighted by atomic mass is 16.5. The van der Waals surface area contributed by atoms with Gasteiger partial charge in [-0.1, -0.05) is 44.2 Å². The second kappa shape index (κ2) is 7.09. The van der Waals surface area contributed by atoms with Crippen LogP contribution in [0.4, 0.5) is 0 Å². The predicted molar refractivity (Wildman–Crippen MR) is 86.8 cm³/mol. The minimum Gasteiger partial charge on any atom is -0.467 e. The highest BCUT2D eigenvalue weighted by molar-refractivity contribution is 5.96. The smallest absolute Gasteiger partial charge is 0.328 e. The number of aromatic nitrogens is 2. The van der Waals surface area contributed by atoms with E-state index in [1.165, 1.54) is 11.8 Å². The van der Waals surface area contributed by atoms with E-state index in [4.69, 9.17) is 4.74 Å². The third-order valence-electron chi connectivity index (χ3n) is 3.59. The number of benzene rings is 1. The molecule has 0 saturated carbocycles. The molecule has 1 N–H and O–H groups in total. The molecule has 23 heavy (non-hydrogen) atoms. The minimum atomic E-state index is -0.692. The molecule has 6 heteroatoms. The van der Waals surface area contributed by atoms with Gasteiger partial charge in [-0.15, -0.1) is 0 Å². The highest BCUT2D eigenvalue weighted by Gasteiger charge is 2.26. The van der Waals surface area contributed by atoms with E-state index in [0.29, 0.717) is 11.4 Å². The number of carbonyl (C=O) groups excluding carboxylic acids is 2. The number of methoxy groups -OCH3 is 1. The Balaban J connectivity index is 2.23. The van der Waals surface area contributed by atoms with Crippen LogP contribution in [-0.2, 0) is 16.6 Å². The Kier molecular flexibility index (Phi) is 5.16. The van der Waals surface area contributed by atoms with Crippen LogP contribution in [0, 0.1) is 5.92 Å². The van der Waals surface area contributed by atoms with Gasteiger partial charge in [-0.25, -0.2) is 4.79 Å². The molecule has 1 atom stereocenters. The zero-order chi connectivity index (χ0) is 17.0. The van der Waals surface area contributed by atoms with E-state index in [1.54, 1.807) is 13.1 Å². The molecule has 2 aromatic rings. The lowest BCUT2D eigenvalue weighted by molar-refractivity contribution is -0.144. The van der Waals surface area contributed by atoms with Crippen molar-refractivity contribution in [2.45, 2.75) is 19.9 Å². The Morgan fingerprint density at radius 3 is 2.43 bits per heavy atom. The van der Waals surface area contributed by atoms with E-state index < -0.39 is 12.0 Å². The van der Waals surface area contributed by atoms with E-state index in [0.717, 1.165) is 5.56 Å². The van der Waals surface area contributed by atoms with Crippen molar-refractivity contribution in [2.75, 3.05) is 7.11 Å². The molecule has 1 amide bonds. The summed E-state index contributed by atoms with van der Waals surface area (Å²) in [5, 5.41) is 7.07. The Labute approximate surface area is 135 Å². The fourth-order valence-corrected chi connectivity index (χ4v) is 2.27. The Bertz CT molecular complexity index is 692. The average Bonchev–Trinajstić information content (AvgIpc) is 2.94. The summed E-state index contributed by atoms with van der Waals surface area (Å²) in [5.41, 5.74) is 2.02. The van der Waals surface area contributed by atoms with Crippen molar-refractivity contribution in [1.29, 1.82) is 0 Å². The number of hydrogen-bond donors (Lipinski definition) is 1. The maximum atomic E-state index is 12.5. The van der Waals surface area contributed by atoms with Crippen molar-refractivity contribution in [3.8, 4) is 11.3 Å². The molecule has 0 spiro atoms. The molecule has 122 valence electrons. The van der Waals surface area contributed by atoms with Crippen molar-refractivity contribution in [1.82, 2.24) is 15.1 Å². The van der Waals surface area contributed by atoms with Crippen LogP contribution in [0.1, 0.15) is 24.3 Å². The summed E-state index contributed by atoms with van der Waals surface area (Å²) < 4.78 is 6.25. The second-order valence-corrected chi connectivity index (χ2v) is 5.62. The van der Waals surface area contributed by atoms with Crippen LogP contribution in [0.5, 0.6) is 0 Å². The number of amides is 1. The van der Waals surface area contributed by atoms with Crippen LogP contribution in [0.2, 0.25) is 0 Å². The highest BCUT2D eigenvalue weighted by Crippen LogP contribution is 2.18.